The van der Waals surface area contributed by atoms with Gasteiger partial charge in [-0.3, -0.25) is 4.99 Å². The summed E-state index contributed by atoms with van der Waals surface area (Å²) in [7, 11) is 8.07. The van der Waals surface area contributed by atoms with Crippen molar-refractivity contribution in [3.8, 4) is 0 Å². The molecule has 3 nitrogen and oxygen atoms in total. The van der Waals surface area contributed by atoms with Gasteiger partial charge in [-0.25, -0.2) is 4.39 Å². The third kappa shape index (κ3) is 5.06. The summed E-state index contributed by atoms with van der Waals surface area (Å²) >= 11 is 0. The normalized spacial score (nSPS) is 16.2. The lowest BCUT2D eigenvalue weighted by molar-refractivity contribution is 0.298. The van der Waals surface area contributed by atoms with Gasteiger partial charge in [-0.15, -0.1) is 24.0 Å². The molecular weight excluding hydrogens is 404 g/mol. The molecule has 130 valence electrons. The minimum atomic E-state index is -0.166. The number of hydrogen-bond acceptors (Lipinski definition) is 1. The molecule has 0 atom stereocenters. The quantitative estimate of drug-likeness (QED) is 0.406. The van der Waals surface area contributed by atoms with Gasteiger partial charge in [-0.2, -0.15) is 0 Å². The van der Waals surface area contributed by atoms with Crippen molar-refractivity contribution in [3.05, 3.63) is 35.6 Å². The Morgan fingerprint density at radius 2 is 1.52 bits per heavy atom. The lowest BCUT2D eigenvalue weighted by Crippen LogP contribution is -2.38. The van der Waals surface area contributed by atoms with Crippen LogP contribution in [-0.4, -0.2) is 50.5 Å². The average Bonchev–Trinajstić information content (AvgIpc) is 2.48. The molecule has 0 saturated heterocycles. The summed E-state index contributed by atoms with van der Waals surface area (Å²) in [4.78, 5) is 8.98. The highest BCUT2D eigenvalue weighted by Crippen LogP contribution is 2.39. The molecule has 2 rings (SSSR count). The predicted octanol–water partition coefficient (Wildman–Crippen LogP) is 4.12. The molecule has 0 unspecified atom stereocenters. The first-order chi connectivity index (χ1) is 10.4. The number of rotatable bonds is 3. The maximum absolute atomic E-state index is 13.3. The van der Waals surface area contributed by atoms with Crippen LogP contribution in [0.15, 0.2) is 29.3 Å². The van der Waals surface area contributed by atoms with E-state index in [1.165, 1.54) is 24.8 Å². The summed E-state index contributed by atoms with van der Waals surface area (Å²) in [6.07, 6.45) is 6.02. The van der Waals surface area contributed by atoms with Gasteiger partial charge in [0.2, 0.25) is 0 Å². The lowest BCUT2D eigenvalue weighted by atomic mass is 9.69. The first kappa shape index (κ1) is 20.2. The van der Waals surface area contributed by atoms with Crippen LogP contribution in [0.5, 0.6) is 0 Å². The van der Waals surface area contributed by atoms with Crippen molar-refractivity contribution in [3.63, 3.8) is 0 Å². The Labute approximate surface area is 157 Å². The number of guanidine groups is 1. The van der Waals surface area contributed by atoms with Gasteiger partial charge in [-0.05, 0) is 30.5 Å². The van der Waals surface area contributed by atoms with Crippen LogP contribution in [0.25, 0.3) is 0 Å². The van der Waals surface area contributed by atoms with E-state index in [2.05, 4.69) is 0 Å². The molecule has 0 amide bonds. The fourth-order valence-corrected chi connectivity index (χ4v) is 3.47. The van der Waals surface area contributed by atoms with Gasteiger partial charge in [0.1, 0.15) is 5.82 Å². The van der Waals surface area contributed by atoms with E-state index < -0.39 is 0 Å². The van der Waals surface area contributed by atoms with Crippen LogP contribution >= 0.6 is 24.0 Å². The minimum absolute atomic E-state index is 0. The molecule has 1 aliphatic carbocycles. The van der Waals surface area contributed by atoms with Gasteiger partial charge < -0.3 is 9.80 Å². The van der Waals surface area contributed by atoms with Gasteiger partial charge in [-0.1, -0.05) is 31.4 Å². The van der Waals surface area contributed by atoms with Crippen LogP contribution in [0.1, 0.15) is 37.7 Å². The molecule has 1 fully saturated rings. The highest BCUT2D eigenvalue weighted by Gasteiger charge is 2.34. The second kappa shape index (κ2) is 8.85. The van der Waals surface area contributed by atoms with Gasteiger partial charge >= 0.3 is 0 Å². The SMILES string of the molecule is CN(C)C(=NCC1(c2ccc(F)cc2)CCCCC1)N(C)C.I. The van der Waals surface area contributed by atoms with E-state index in [1.807, 2.05) is 50.1 Å². The predicted molar refractivity (Wildman–Crippen MR) is 106 cm³/mol. The van der Waals surface area contributed by atoms with Crippen molar-refractivity contribution in [2.24, 2.45) is 4.99 Å². The zero-order valence-corrected chi connectivity index (χ0v) is 17.0. The second-order valence-electron chi connectivity index (χ2n) is 6.75. The zero-order chi connectivity index (χ0) is 16.2. The first-order valence-corrected chi connectivity index (χ1v) is 8.10. The van der Waals surface area contributed by atoms with E-state index >= 15 is 0 Å². The van der Waals surface area contributed by atoms with Crippen molar-refractivity contribution in [2.75, 3.05) is 34.7 Å². The fourth-order valence-electron chi connectivity index (χ4n) is 3.47. The van der Waals surface area contributed by atoms with E-state index in [-0.39, 0.29) is 35.2 Å². The summed E-state index contributed by atoms with van der Waals surface area (Å²) in [6.45, 7) is 0.768. The van der Waals surface area contributed by atoms with E-state index in [0.717, 1.165) is 25.3 Å². The number of aliphatic imine (C=N–C) groups is 1. The third-order valence-corrected chi connectivity index (χ3v) is 4.59. The number of benzene rings is 1. The van der Waals surface area contributed by atoms with Crippen molar-refractivity contribution in [1.82, 2.24) is 9.80 Å². The molecule has 1 saturated carbocycles. The molecule has 0 N–H and O–H groups in total. The van der Waals surface area contributed by atoms with E-state index in [9.17, 15) is 4.39 Å². The maximum Gasteiger partial charge on any atom is 0.195 e. The Kier molecular flexibility index (Phi) is 7.77. The monoisotopic (exact) mass is 433 g/mol. The summed E-state index contributed by atoms with van der Waals surface area (Å²) in [6, 6.07) is 7.05. The second-order valence-corrected chi connectivity index (χ2v) is 6.75. The Morgan fingerprint density at radius 1 is 1.00 bits per heavy atom. The molecule has 23 heavy (non-hydrogen) atoms. The smallest absolute Gasteiger partial charge is 0.195 e. The fraction of sp³-hybridized carbons (Fsp3) is 0.611. The maximum atomic E-state index is 13.3. The van der Waals surface area contributed by atoms with Gasteiger partial charge in [0.25, 0.3) is 0 Å². The first-order valence-electron chi connectivity index (χ1n) is 8.10. The highest BCUT2D eigenvalue weighted by molar-refractivity contribution is 14.0. The third-order valence-electron chi connectivity index (χ3n) is 4.59. The Morgan fingerprint density at radius 3 is 2.00 bits per heavy atom. The van der Waals surface area contributed by atoms with Crippen LogP contribution in [0.4, 0.5) is 4.39 Å². The Bertz CT molecular complexity index is 496. The zero-order valence-electron chi connectivity index (χ0n) is 14.7. The summed E-state index contributed by atoms with van der Waals surface area (Å²) in [5.41, 5.74) is 1.29. The van der Waals surface area contributed by atoms with Gasteiger partial charge in [0.15, 0.2) is 5.96 Å². The van der Waals surface area contributed by atoms with Crippen LogP contribution in [0.3, 0.4) is 0 Å². The molecule has 0 heterocycles. The van der Waals surface area contributed by atoms with Crippen LogP contribution in [-0.2, 0) is 5.41 Å². The largest absolute Gasteiger partial charge is 0.349 e. The Balaban J connectivity index is 0.00000264. The Hall–Kier alpha value is -0.850. The number of halogens is 2. The molecule has 1 aromatic carbocycles. The van der Waals surface area contributed by atoms with Gasteiger partial charge in [0, 0.05) is 33.6 Å². The van der Waals surface area contributed by atoms with E-state index in [4.69, 9.17) is 4.99 Å². The minimum Gasteiger partial charge on any atom is -0.349 e. The molecule has 5 heteroatoms. The van der Waals surface area contributed by atoms with Crippen LogP contribution in [0, 0.1) is 5.82 Å². The standard InChI is InChI=1S/C18H28FN3.HI/c1-21(2)17(22(3)4)20-14-18(12-6-5-7-13-18)15-8-10-16(19)11-9-15;/h8-11H,5-7,12-14H2,1-4H3;1H. The molecular formula is C18H29FIN3. The average molecular weight is 433 g/mol. The molecule has 0 aliphatic heterocycles. The molecule has 0 spiro atoms. The highest BCUT2D eigenvalue weighted by atomic mass is 127. The summed E-state index contributed by atoms with van der Waals surface area (Å²) in [5.74, 6) is 0.813. The van der Waals surface area contributed by atoms with Crippen molar-refractivity contribution >= 4 is 29.9 Å². The van der Waals surface area contributed by atoms with Crippen LogP contribution in [0.2, 0.25) is 0 Å². The van der Waals surface area contributed by atoms with Crippen LogP contribution < -0.4 is 0 Å². The van der Waals surface area contributed by atoms with E-state index in [0.29, 0.717) is 0 Å². The van der Waals surface area contributed by atoms with Gasteiger partial charge in [0.05, 0.1) is 6.54 Å². The van der Waals surface area contributed by atoms with Crippen molar-refractivity contribution < 1.29 is 4.39 Å². The van der Waals surface area contributed by atoms with Crippen molar-refractivity contribution in [2.45, 2.75) is 37.5 Å². The van der Waals surface area contributed by atoms with E-state index in [1.54, 1.807) is 12.1 Å². The van der Waals surface area contributed by atoms with Crippen molar-refractivity contribution in [1.29, 1.82) is 0 Å². The molecule has 1 aromatic rings. The lowest BCUT2D eigenvalue weighted by Gasteiger charge is -2.37. The number of hydrogen-bond donors (Lipinski definition) is 0. The molecule has 1 aliphatic rings. The topological polar surface area (TPSA) is 18.8 Å². The molecule has 0 aromatic heterocycles. The molecule has 0 radical (unpaired) electrons. The molecule has 0 bridgehead atoms. The summed E-state index contributed by atoms with van der Waals surface area (Å²) < 4.78 is 13.3. The summed E-state index contributed by atoms with van der Waals surface area (Å²) in [5, 5.41) is 0. The number of nitrogens with zero attached hydrogens (tertiary/aromatic N) is 3.